The predicted molar refractivity (Wildman–Crippen MR) is 80.7 cm³/mol. The first-order chi connectivity index (χ1) is 8.65. The average molecular weight is 326 g/mol. The van der Waals surface area contributed by atoms with E-state index in [1.165, 1.54) is 19.8 Å². The topological polar surface area (TPSA) is 21.3 Å². The van der Waals surface area contributed by atoms with E-state index in [0.29, 0.717) is 0 Å². The van der Waals surface area contributed by atoms with E-state index in [2.05, 4.69) is 46.4 Å². The zero-order valence-electron chi connectivity index (χ0n) is 10.7. The molecule has 1 N–H and O–H groups in total. The first-order valence-electron chi connectivity index (χ1n) is 5.72. The first kappa shape index (κ1) is 13.6. The zero-order chi connectivity index (χ0) is 13.1. The second-order valence-corrected chi connectivity index (χ2v) is 6.19. The van der Waals surface area contributed by atoms with Crippen LogP contribution in [-0.2, 0) is 0 Å². The number of halogens is 1. The fraction of sp³-hybridized carbons (Fsp3) is 0.286. The van der Waals surface area contributed by atoms with E-state index in [0.717, 1.165) is 5.75 Å². The number of thiophene rings is 1. The Balaban J connectivity index is 2.32. The normalized spacial score (nSPS) is 12.4. The number of hydrogen-bond donors (Lipinski definition) is 1. The van der Waals surface area contributed by atoms with Gasteiger partial charge in [-0.05, 0) is 53.7 Å². The lowest BCUT2D eigenvalue weighted by Gasteiger charge is -2.15. The largest absolute Gasteiger partial charge is 0.497 e. The van der Waals surface area contributed by atoms with Crippen LogP contribution in [0.4, 0.5) is 0 Å². The molecule has 0 aliphatic heterocycles. The van der Waals surface area contributed by atoms with Gasteiger partial charge in [-0.3, -0.25) is 0 Å². The Morgan fingerprint density at radius 1 is 1.28 bits per heavy atom. The average Bonchev–Trinajstić information content (AvgIpc) is 2.71. The summed E-state index contributed by atoms with van der Waals surface area (Å²) < 4.78 is 6.36. The molecular weight excluding hydrogens is 310 g/mol. The van der Waals surface area contributed by atoms with Gasteiger partial charge in [0, 0.05) is 14.2 Å². The molecule has 0 saturated carbocycles. The third-order valence-electron chi connectivity index (χ3n) is 2.90. The van der Waals surface area contributed by atoms with Gasteiger partial charge in [0.1, 0.15) is 5.75 Å². The molecule has 1 unspecified atom stereocenters. The highest BCUT2D eigenvalue weighted by atomic mass is 79.9. The second kappa shape index (κ2) is 5.87. The van der Waals surface area contributed by atoms with Gasteiger partial charge in [0.25, 0.3) is 0 Å². The Hall–Kier alpha value is -0.840. The molecular formula is C14H16BrNOS. The monoisotopic (exact) mass is 325 g/mol. The minimum Gasteiger partial charge on any atom is -0.497 e. The van der Waals surface area contributed by atoms with Crippen molar-refractivity contribution in [1.82, 2.24) is 5.32 Å². The summed E-state index contributed by atoms with van der Waals surface area (Å²) in [6.07, 6.45) is 0. The molecule has 2 rings (SSSR count). The Kier molecular flexibility index (Phi) is 4.43. The Morgan fingerprint density at radius 2 is 1.94 bits per heavy atom. The van der Waals surface area contributed by atoms with Gasteiger partial charge in [-0.1, -0.05) is 12.1 Å². The van der Waals surface area contributed by atoms with E-state index in [1.54, 1.807) is 7.11 Å². The second-order valence-electron chi connectivity index (χ2n) is 4.05. The smallest absolute Gasteiger partial charge is 0.118 e. The van der Waals surface area contributed by atoms with Crippen molar-refractivity contribution < 1.29 is 4.74 Å². The quantitative estimate of drug-likeness (QED) is 0.912. The van der Waals surface area contributed by atoms with Crippen LogP contribution in [0.2, 0.25) is 0 Å². The molecule has 0 saturated heterocycles. The fourth-order valence-corrected chi connectivity index (χ4v) is 3.59. The van der Waals surface area contributed by atoms with Crippen LogP contribution >= 0.6 is 27.3 Å². The molecule has 18 heavy (non-hydrogen) atoms. The number of rotatable bonds is 4. The molecule has 0 bridgehead atoms. The van der Waals surface area contributed by atoms with Gasteiger partial charge in [0.2, 0.25) is 0 Å². The van der Waals surface area contributed by atoms with Gasteiger partial charge in [-0.2, -0.15) is 0 Å². The maximum atomic E-state index is 5.19. The molecule has 1 aromatic carbocycles. The van der Waals surface area contributed by atoms with Gasteiger partial charge >= 0.3 is 0 Å². The van der Waals surface area contributed by atoms with E-state index < -0.39 is 0 Å². The minimum absolute atomic E-state index is 0.228. The number of nitrogens with one attached hydrogen (secondary N) is 1. The van der Waals surface area contributed by atoms with E-state index in [9.17, 15) is 0 Å². The van der Waals surface area contributed by atoms with Crippen molar-refractivity contribution in [3.63, 3.8) is 0 Å². The molecule has 1 aromatic heterocycles. The van der Waals surface area contributed by atoms with Crippen molar-refractivity contribution in [3.8, 4) is 5.75 Å². The molecule has 0 spiro atoms. The van der Waals surface area contributed by atoms with Crippen LogP contribution in [0.5, 0.6) is 5.75 Å². The van der Waals surface area contributed by atoms with E-state index in [4.69, 9.17) is 4.74 Å². The molecule has 96 valence electrons. The number of aryl methyl sites for hydroxylation is 1. The van der Waals surface area contributed by atoms with Crippen LogP contribution in [-0.4, -0.2) is 14.2 Å². The summed E-state index contributed by atoms with van der Waals surface area (Å²) >= 11 is 5.38. The van der Waals surface area contributed by atoms with Gasteiger partial charge < -0.3 is 10.1 Å². The Morgan fingerprint density at radius 3 is 2.39 bits per heavy atom. The zero-order valence-corrected chi connectivity index (χ0v) is 13.1. The van der Waals surface area contributed by atoms with E-state index in [-0.39, 0.29) is 6.04 Å². The van der Waals surface area contributed by atoms with Gasteiger partial charge in [-0.15, -0.1) is 11.3 Å². The van der Waals surface area contributed by atoms with E-state index in [1.807, 2.05) is 30.5 Å². The third-order valence-corrected chi connectivity index (χ3v) is 5.10. The lowest BCUT2D eigenvalue weighted by atomic mass is 10.1. The fourth-order valence-electron chi connectivity index (χ4n) is 1.89. The molecule has 0 amide bonds. The Labute approximate surface area is 120 Å². The maximum absolute atomic E-state index is 5.19. The highest BCUT2D eigenvalue weighted by Crippen LogP contribution is 2.33. The van der Waals surface area contributed by atoms with Crippen molar-refractivity contribution in [3.05, 3.63) is 50.1 Å². The number of ether oxygens (including phenoxy) is 1. The number of hydrogen-bond acceptors (Lipinski definition) is 3. The Bertz CT molecular complexity index is 502. The number of methoxy groups -OCH3 is 1. The van der Waals surface area contributed by atoms with Crippen molar-refractivity contribution in [2.75, 3.05) is 14.2 Å². The summed E-state index contributed by atoms with van der Waals surface area (Å²) in [5, 5.41) is 3.36. The van der Waals surface area contributed by atoms with Crippen LogP contribution < -0.4 is 10.1 Å². The highest BCUT2D eigenvalue weighted by molar-refractivity contribution is 9.10. The van der Waals surface area contributed by atoms with Crippen LogP contribution in [0.15, 0.2) is 34.8 Å². The van der Waals surface area contributed by atoms with Crippen molar-refractivity contribution in [2.24, 2.45) is 0 Å². The lowest BCUT2D eigenvalue weighted by molar-refractivity contribution is 0.414. The lowest BCUT2D eigenvalue weighted by Crippen LogP contribution is -2.16. The van der Waals surface area contributed by atoms with E-state index >= 15 is 0 Å². The van der Waals surface area contributed by atoms with Crippen LogP contribution in [0, 0.1) is 6.92 Å². The first-order valence-corrected chi connectivity index (χ1v) is 7.33. The highest BCUT2D eigenvalue weighted by Gasteiger charge is 2.15. The van der Waals surface area contributed by atoms with Crippen LogP contribution in [0.25, 0.3) is 0 Å². The number of benzene rings is 1. The molecule has 2 aromatic rings. The molecule has 2 nitrogen and oxygen atoms in total. The summed E-state index contributed by atoms with van der Waals surface area (Å²) in [5.74, 6) is 0.886. The third kappa shape index (κ3) is 2.76. The molecule has 1 atom stereocenters. The van der Waals surface area contributed by atoms with Crippen molar-refractivity contribution >= 4 is 27.3 Å². The molecule has 1 heterocycles. The standard InChI is InChI=1S/C14H16BrNOS/c1-9-12(15)8-13(18-9)14(16-2)10-4-6-11(17-3)7-5-10/h4-8,14,16H,1-3H3. The summed E-state index contributed by atoms with van der Waals surface area (Å²) in [7, 11) is 3.67. The molecule has 0 radical (unpaired) electrons. The van der Waals surface area contributed by atoms with Crippen LogP contribution in [0.1, 0.15) is 21.4 Å². The summed E-state index contributed by atoms with van der Waals surface area (Å²) in [6, 6.07) is 10.6. The SMILES string of the molecule is CNC(c1ccc(OC)cc1)c1cc(Br)c(C)s1. The molecule has 4 heteroatoms. The van der Waals surface area contributed by atoms with Gasteiger partial charge in [0.15, 0.2) is 0 Å². The summed E-state index contributed by atoms with van der Waals surface area (Å²) in [5.41, 5.74) is 1.24. The van der Waals surface area contributed by atoms with Crippen LogP contribution in [0.3, 0.4) is 0 Å². The van der Waals surface area contributed by atoms with Gasteiger partial charge in [0.05, 0.1) is 13.2 Å². The van der Waals surface area contributed by atoms with Gasteiger partial charge in [-0.25, -0.2) is 0 Å². The predicted octanol–water partition coefficient (Wildman–Crippen LogP) is 4.14. The minimum atomic E-state index is 0.228. The molecule has 0 aliphatic carbocycles. The summed E-state index contributed by atoms with van der Waals surface area (Å²) in [4.78, 5) is 2.62. The molecule has 0 aliphatic rings. The maximum Gasteiger partial charge on any atom is 0.118 e. The van der Waals surface area contributed by atoms with Crippen molar-refractivity contribution in [1.29, 1.82) is 0 Å². The summed E-state index contributed by atoms with van der Waals surface area (Å²) in [6.45, 7) is 2.12. The molecule has 0 fully saturated rings. The van der Waals surface area contributed by atoms with Crippen molar-refractivity contribution in [2.45, 2.75) is 13.0 Å².